The van der Waals surface area contributed by atoms with Gasteiger partial charge in [-0.05, 0) is 25.0 Å². The molecule has 0 amide bonds. The van der Waals surface area contributed by atoms with Crippen LogP contribution in [0, 0.1) is 0 Å². The van der Waals surface area contributed by atoms with Gasteiger partial charge < -0.3 is 24.5 Å². The summed E-state index contributed by atoms with van der Waals surface area (Å²) in [6, 6.07) is 7.53. The van der Waals surface area contributed by atoms with E-state index < -0.39 is 5.97 Å². The van der Waals surface area contributed by atoms with Crippen LogP contribution in [0.1, 0.15) is 23.2 Å². The Kier molecular flexibility index (Phi) is 4.91. The molecule has 1 fully saturated rings. The number of aromatic nitrogens is 3. The summed E-state index contributed by atoms with van der Waals surface area (Å²) < 4.78 is 17.8. The molecule has 142 valence electrons. The van der Waals surface area contributed by atoms with E-state index in [0.29, 0.717) is 35.7 Å². The van der Waals surface area contributed by atoms with Crippen LogP contribution in [0.5, 0.6) is 0 Å². The number of anilines is 1. The second-order valence-electron chi connectivity index (χ2n) is 6.52. The summed E-state index contributed by atoms with van der Waals surface area (Å²) in [7, 11) is 1.55. The van der Waals surface area contributed by atoms with E-state index in [0.717, 1.165) is 25.0 Å². The molecular weight excluding hydrogens is 348 g/mol. The van der Waals surface area contributed by atoms with E-state index in [2.05, 4.69) is 4.98 Å². The molecule has 3 aromatic rings. The molecule has 0 spiro atoms. The zero-order valence-corrected chi connectivity index (χ0v) is 15.2. The zero-order chi connectivity index (χ0) is 18.8. The lowest BCUT2D eigenvalue weighted by atomic mass is 10.2. The number of esters is 1. The number of carbonyl (C=O) groups excluding carboxylic acids is 1. The van der Waals surface area contributed by atoms with E-state index in [9.17, 15) is 4.79 Å². The van der Waals surface area contributed by atoms with Crippen molar-refractivity contribution in [3.8, 4) is 0 Å². The number of carbonyl (C=O) groups is 1. The number of ether oxygens (including phenoxy) is 3. The first-order valence-corrected chi connectivity index (χ1v) is 9.01. The van der Waals surface area contributed by atoms with Crippen molar-refractivity contribution in [2.45, 2.75) is 25.5 Å². The normalized spacial score (nSPS) is 17.0. The number of methoxy groups -OCH3 is 1. The second-order valence-corrected chi connectivity index (χ2v) is 6.52. The Hall–Kier alpha value is -2.71. The van der Waals surface area contributed by atoms with Gasteiger partial charge in [-0.3, -0.25) is 0 Å². The first kappa shape index (κ1) is 17.7. The van der Waals surface area contributed by atoms with Crippen molar-refractivity contribution in [2.24, 2.45) is 0 Å². The van der Waals surface area contributed by atoms with Crippen LogP contribution in [0.2, 0.25) is 0 Å². The molecule has 4 rings (SSSR count). The lowest BCUT2D eigenvalue weighted by Gasteiger charge is -2.13. The minimum atomic E-state index is -0.523. The topological polar surface area (TPSA) is 101 Å². The lowest BCUT2D eigenvalue weighted by Crippen LogP contribution is -2.18. The Labute approximate surface area is 156 Å². The summed E-state index contributed by atoms with van der Waals surface area (Å²) >= 11 is 0. The van der Waals surface area contributed by atoms with Crippen LogP contribution in [-0.4, -0.2) is 53.5 Å². The van der Waals surface area contributed by atoms with Crippen LogP contribution >= 0.6 is 0 Å². The van der Waals surface area contributed by atoms with E-state index in [-0.39, 0.29) is 18.3 Å². The lowest BCUT2D eigenvalue weighted by molar-refractivity contribution is 0.0390. The maximum atomic E-state index is 12.7. The number of nitrogens with zero attached hydrogens (tertiary/aromatic N) is 3. The molecule has 0 aliphatic carbocycles. The first-order chi connectivity index (χ1) is 13.2. The molecule has 1 atom stereocenters. The molecule has 8 nitrogen and oxygen atoms in total. The van der Waals surface area contributed by atoms with Gasteiger partial charge in [0.1, 0.15) is 23.5 Å². The highest BCUT2D eigenvalue weighted by Gasteiger charge is 2.27. The molecule has 2 N–H and O–H groups in total. The number of para-hydroxylation sites is 2. The summed E-state index contributed by atoms with van der Waals surface area (Å²) in [6.07, 6.45) is 2.02. The van der Waals surface area contributed by atoms with Crippen LogP contribution in [0.25, 0.3) is 22.2 Å². The standard InChI is InChI=1S/C19H22N4O4/c1-25-9-10-27-19(24)15-16-18(22-14-7-3-2-6-13(14)21-16)23(17(15)20)11-12-5-4-8-26-12/h2-3,6-7,12H,4-5,8-11,20H2,1H3. The van der Waals surface area contributed by atoms with E-state index in [1.54, 1.807) is 7.11 Å². The smallest absolute Gasteiger partial charge is 0.344 e. The van der Waals surface area contributed by atoms with E-state index in [1.807, 2.05) is 28.8 Å². The number of hydrogen-bond acceptors (Lipinski definition) is 7. The third-order valence-electron chi connectivity index (χ3n) is 4.73. The van der Waals surface area contributed by atoms with Crippen LogP contribution in [-0.2, 0) is 20.8 Å². The number of rotatable bonds is 6. The van der Waals surface area contributed by atoms with Gasteiger partial charge in [-0.2, -0.15) is 0 Å². The molecule has 1 unspecified atom stereocenters. The number of benzene rings is 1. The Bertz CT molecular complexity index is 979. The predicted molar refractivity (Wildman–Crippen MR) is 101 cm³/mol. The van der Waals surface area contributed by atoms with Gasteiger partial charge >= 0.3 is 5.97 Å². The number of fused-ring (bicyclic) bond motifs is 2. The van der Waals surface area contributed by atoms with Gasteiger partial charge in [0.15, 0.2) is 5.65 Å². The summed E-state index contributed by atoms with van der Waals surface area (Å²) in [6.45, 7) is 1.73. The molecule has 1 saturated heterocycles. The fourth-order valence-electron chi connectivity index (χ4n) is 3.38. The van der Waals surface area contributed by atoms with Gasteiger partial charge in [-0.15, -0.1) is 0 Å². The molecule has 0 radical (unpaired) electrons. The molecule has 3 heterocycles. The molecule has 8 heteroatoms. The summed E-state index contributed by atoms with van der Waals surface area (Å²) in [5, 5.41) is 0. The summed E-state index contributed by atoms with van der Waals surface area (Å²) in [5.41, 5.74) is 9.07. The van der Waals surface area contributed by atoms with Gasteiger partial charge in [0.25, 0.3) is 0 Å². The quantitative estimate of drug-likeness (QED) is 0.524. The number of nitrogens with two attached hydrogens (primary N) is 1. The van der Waals surface area contributed by atoms with Crippen molar-refractivity contribution < 1.29 is 19.0 Å². The molecule has 2 aromatic heterocycles. The van der Waals surface area contributed by atoms with Gasteiger partial charge in [-0.25, -0.2) is 14.8 Å². The molecule has 0 bridgehead atoms. The average molecular weight is 370 g/mol. The maximum absolute atomic E-state index is 12.7. The minimum Gasteiger partial charge on any atom is -0.459 e. The molecule has 1 aliphatic rings. The average Bonchev–Trinajstić information content (AvgIpc) is 3.27. The van der Waals surface area contributed by atoms with Crippen molar-refractivity contribution in [3.05, 3.63) is 29.8 Å². The van der Waals surface area contributed by atoms with Crippen LogP contribution < -0.4 is 5.73 Å². The summed E-state index contributed by atoms with van der Waals surface area (Å²) in [5.74, 6) is -0.219. The first-order valence-electron chi connectivity index (χ1n) is 9.01. The van der Waals surface area contributed by atoms with Crippen LogP contribution in [0.3, 0.4) is 0 Å². The molecular formula is C19H22N4O4. The highest BCUT2D eigenvalue weighted by molar-refractivity contribution is 6.08. The molecule has 1 aliphatic heterocycles. The zero-order valence-electron chi connectivity index (χ0n) is 15.2. The molecule has 0 saturated carbocycles. The highest BCUT2D eigenvalue weighted by atomic mass is 16.6. The Morgan fingerprint density at radius 1 is 1.30 bits per heavy atom. The molecule has 1 aromatic carbocycles. The van der Waals surface area contributed by atoms with Gasteiger partial charge in [0, 0.05) is 13.7 Å². The van der Waals surface area contributed by atoms with Gasteiger partial charge in [0.05, 0.1) is 30.3 Å². The summed E-state index contributed by atoms with van der Waals surface area (Å²) in [4.78, 5) is 22.0. The van der Waals surface area contributed by atoms with Gasteiger partial charge in [0.2, 0.25) is 0 Å². The van der Waals surface area contributed by atoms with Crippen LogP contribution in [0.4, 0.5) is 5.82 Å². The van der Waals surface area contributed by atoms with Crippen molar-refractivity contribution in [3.63, 3.8) is 0 Å². The van der Waals surface area contributed by atoms with E-state index >= 15 is 0 Å². The monoisotopic (exact) mass is 370 g/mol. The minimum absolute atomic E-state index is 0.0496. The largest absolute Gasteiger partial charge is 0.459 e. The SMILES string of the molecule is COCCOC(=O)c1c(N)n(CC2CCCO2)c2nc3ccccc3nc12. The van der Waals surface area contributed by atoms with Crippen molar-refractivity contribution >= 4 is 34.0 Å². The number of nitrogen functional groups attached to an aromatic ring is 1. The van der Waals surface area contributed by atoms with Crippen molar-refractivity contribution in [1.29, 1.82) is 0 Å². The molecule has 27 heavy (non-hydrogen) atoms. The van der Waals surface area contributed by atoms with E-state index in [4.69, 9.17) is 24.9 Å². The third kappa shape index (κ3) is 3.33. The van der Waals surface area contributed by atoms with Crippen LogP contribution in [0.15, 0.2) is 24.3 Å². The predicted octanol–water partition coefficient (Wildman–Crippen LogP) is 2.15. The third-order valence-corrected chi connectivity index (χ3v) is 4.73. The highest BCUT2D eigenvalue weighted by Crippen LogP contribution is 2.30. The van der Waals surface area contributed by atoms with Crippen molar-refractivity contribution in [1.82, 2.24) is 14.5 Å². The maximum Gasteiger partial charge on any atom is 0.344 e. The Balaban J connectivity index is 1.83. The van der Waals surface area contributed by atoms with Crippen molar-refractivity contribution in [2.75, 3.05) is 32.7 Å². The Morgan fingerprint density at radius 3 is 2.78 bits per heavy atom. The fourth-order valence-corrected chi connectivity index (χ4v) is 3.38. The Morgan fingerprint density at radius 2 is 2.07 bits per heavy atom. The number of hydrogen-bond donors (Lipinski definition) is 1. The second kappa shape index (κ2) is 7.50. The van der Waals surface area contributed by atoms with Gasteiger partial charge in [-0.1, -0.05) is 12.1 Å². The fraction of sp³-hybridized carbons (Fsp3) is 0.421. The van der Waals surface area contributed by atoms with E-state index in [1.165, 1.54) is 0 Å².